The average Bonchev–Trinajstić information content (AvgIpc) is 2.28. The Hall–Kier alpha value is -1.40. The monoisotopic (exact) mass is 285 g/mol. The number of hydrogen-bond donors (Lipinski definition) is 1. The Morgan fingerprint density at radius 3 is 2.32 bits per heavy atom. The highest BCUT2D eigenvalue weighted by atomic mass is 32.2. The lowest BCUT2D eigenvalue weighted by atomic mass is 10.1. The van der Waals surface area contributed by atoms with Gasteiger partial charge in [-0.3, -0.25) is 0 Å². The third-order valence-corrected chi connectivity index (χ3v) is 3.98. The van der Waals surface area contributed by atoms with Crippen LogP contribution in [0.15, 0.2) is 24.3 Å². The van der Waals surface area contributed by atoms with E-state index in [0.29, 0.717) is 11.1 Å². The summed E-state index contributed by atoms with van der Waals surface area (Å²) >= 11 is 0. The molecule has 0 atom stereocenters. The largest absolute Gasteiger partial charge is 0.459 e. The number of esters is 1. The van der Waals surface area contributed by atoms with Crippen LogP contribution in [0.1, 0.15) is 29.8 Å². The van der Waals surface area contributed by atoms with Crippen LogP contribution >= 0.6 is 0 Å². The van der Waals surface area contributed by atoms with Crippen molar-refractivity contribution >= 4 is 15.8 Å². The van der Waals surface area contributed by atoms with Crippen molar-refractivity contribution < 1.29 is 17.9 Å². The van der Waals surface area contributed by atoms with Crippen LogP contribution in [-0.4, -0.2) is 32.8 Å². The molecule has 1 aromatic rings. The molecule has 1 rings (SSSR count). The molecule has 0 amide bonds. The lowest BCUT2D eigenvalue weighted by molar-refractivity contribution is 0.0378. The number of carbonyl (C=O) groups excluding carboxylic acids is 1. The predicted molar refractivity (Wildman–Crippen MR) is 73.5 cm³/mol. The molecule has 0 aliphatic rings. The zero-order valence-corrected chi connectivity index (χ0v) is 11.9. The molecule has 0 saturated carbocycles. The summed E-state index contributed by atoms with van der Waals surface area (Å²) in [7, 11) is -3.18. The third-order valence-electron chi connectivity index (χ3n) is 2.35. The quantitative estimate of drug-likeness (QED) is 0.792. The zero-order chi connectivity index (χ0) is 14.5. The second-order valence-corrected chi connectivity index (χ2v) is 6.72. The number of benzene rings is 1. The molecule has 6 heteroatoms. The Kier molecular flexibility index (Phi) is 5.50. The fourth-order valence-electron chi connectivity index (χ4n) is 1.52. The summed E-state index contributed by atoms with van der Waals surface area (Å²) in [5, 5.41) is 0. The van der Waals surface area contributed by atoms with E-state index < -0.39 is 15.8 Å². The highest BCUT2D eigenvalue weighted by Gasteiger charge is 2.12. The van der Waals surface area contributed by atoms with E-state index in [0.717, 1.165) is 0 Å². The van der Waals surface area contributed by atoms with E-state index in [1.165, 1.54) is 0 Å². The lowest BCUT2D eigenvalue weighted by Gasteiger charge is -2.08. The molecule has 0 bridgehead atoms. The molecule has 5 nitrogen and oxygen atoms in total. The van der Waals surface area contributed by atoms with Crippen molar-refractivity contribution in [2.75, 3.05) is 12.3 Å². The van der Waals surface area contributed by atoms with Gasteiger partial charge in [-0.05, 0) is 31.5 Å². The highest BCUT2D eigenvalue weighted by molar-refractivity contribution is 7.90. The molecule has 106 valence electrons. The smallest absolute Gasteiger partial charge is 0.338 e. The molecule has 0 saturated heterocycles. The van der Waals surface area contributed by atoms with Crippen LogP contribution in [0.3, 0.4) is 0 Å². The van der Waals surface area contributed by atoms with Crippen LogP contribution < -0.4 is 5.73 Å². The van der Waals surface area contributed by atoms with Gasteiger partial charge in [0.15, 0.2) is 9.84 Å². The van der Waals surface area contributed by atoms with Crippen molar-refractivity contribution in [2.24, 2.45) is 5.73 Å². The Morgan fingerprint density at radius 1 is 1.26 bits per heavy atom. The van der Waals surface area contributed by atoms with Crippen LogP contribution in [-0.2, 0) is 20.3 Å². The molecule has 0 radical (unpaired) electrons. The molecule has 0 fully saturated rings. The van der Waals surface area contributed by atoms with Crippen molar-refractivity contribution in [1.29, 1.82) is 0 Å². The molecule has 0 spiro atoms. The number of carbonyl (C=O) groups is 1. The third kappa shape index (κ3) is 5.40. The number of sulfone groups is 1. The summed E-state index contributed by atoms with van der Waals surface area (Å²) in [5.41, 5.74) is 6.28. The maximum Gasteiger partial charge on any atom is 0.338 e. The van der Waals surface area contributed by atoms with E-state index in [-0.39, 0.29) is 24.2 Å². The first-order chi connectivity index (χ1) is 8.84. The molecule has 0 aliphatic carbocycles. The molecule has 19 heavy (non-hydrogen) atoms. The molecule has 2 N–H and O–H groups in total. The van der Waals surface area contributed by atoms with Crippen molar-refractivity contribution in [1.82, 2.24) is 0 Å². The topological polar surface area (TPSA) is 86.5 Å². The van der Waals surface area contributed by atoms with Gasteiger partial charge >= 0.3 is 5.97 Å². The van der Waals surface area contributed by atoms with E-state index in [9.17, 15) is 13.2 Å². The van der Waals surface area contributed by atoms with Gasteiger partial charge in [0.2, 0.25) is 0 Å². The van der Waals surface area contributed by atoms with Gasteiger partial charge < -0.3 is 10.5 Å². The van der Waals surface area contributed by atoms with Gasteiger partial charge in [-0.1, -0.05) is 12.1 Å². The first-order valence-corrected chi connectivity index (χ1v) is 7.86. The summed E-state index contributed by atoms with van der Waals surface area (Å²) in [4.78, 5) is 11.6. The summed E-state index contributed by atoms with van der Waals surface area (Å²) < 4.78 is 28.2. The molecular formula is C13H19NO4S. The minimum atomic E-state index is -3.18. The van der Waals surface area contributed by atoms with Gasteiger partial charge in [0, 0.05) is 6.54 Å². The van der Waals surface area contributed by atoms with Crippen molar-refractivity contribution in [3.05, 3.63) is 35.4 Å². The summed E-state index contributed by atoms with van der Waals surface area (Å²) in [6.07, 6.45) is -0.183. The number of ether oxygens (including phenoxy) is 1. The van der Waals surface area contributed by atoms with Crippen molar-refractivity contribution in [3.8, 4) is 0 Å². The summed E-state index contributed by atoms with van der Waals surface area (Å²) in [6.45, 7) is 3.65. The highest BCUT2D eigenvalue weighted by Crippen LogP contribution is 2.10. The van der Waals surface area contributed by atoms with Crippen LogP contribution in [0.2, 0.25) is 0 Å². The van der Waals surface area contributed by atoms with E-state index >= 15 is 0 Å². The van der Waals surface area contributed by atoms with Crippen LogP contribution in [0.25, 0.3) is 0 Å². The fourth-order valence-corrected chi connectivity index (χ4v) is 2.73. The van der Waals surface area contributed by atoms with Gasteiger partial charge in [-0.15, -0.1) is 0 Å². The summed E-state index contributed by atoms with van der Waals surface area (Å²) in [6, 6.07) is 6.37. The Morgan fingerprint density at radius 2 is 1.84 bits per heavy atom. The minimum Gasteiger partial charge on any atom is -0.459 e. The average molecular weight is 285 g/mol. The molecule has 0 aromatic heterocycles. The SMILES string of the molecule is CC(C)OC(=O)c1ccc(CS(=O)(=O)CCN)cc1. The second-order valence-electron chi connectivity index (χ2n) is 4.53. The maximum atomic E-state index is 11.6. The van der Waals surface area contributed by atoms with Crippen molar-refractivity contribution in [3.63, 3.8) is 0 Å². The number of nitrogens with two attached hydrogens (primary N) is 1. The lowest BCUT2D eigenvalue weighted by Crippen LogP contribution is -2.17. The summed E-state index contributed by atoms with van der Waals surface area (Å²) in [5.74, 6) is -0.514. The Bertz CT molecular complexity index is 520. The van der Waals surface area contributed by atoms with Gasteiger partial charge in [0.25, 0.3) is 0 Å². The van der Waals surface area contributed by atoms with Crippen LogP contribution in [0, 0.1) is 0 Å². The van der Waals surface area contributed by atoms with E-state index in [1.54, 1.807) is 38.1 Å². The van der Waals surface area contributed by atoms with E-state index in [1.807, 2.05) is 0 Å². The van der Waals surface area contributed by atoms with E-state index in [2.05, 4.69) is 0 Å². The zero-order valence-electron chi connectivity index (χ0n) is 11.1. The van der Waals surface area contributed by atoms with E-state index in [4.69, 9.17) is 10.5 Å². The van der Waals surface area contributed by atoms with Gasteiger partial charge in [-0.25, -0.2) is 13.2 Å². The van der Waals surface area contributed by atoms with Crippen LogP contribution in [0.5, 0.6) is 0 Å². The molecule has 0 unspecified atom stereocenters. The predicted octanol–water partition coefficient (Wildman–Crippen LogP) is 1.13. The van der Waals surface area contributed by atoms with Gasteiger partial charge in [-0.2, -0.15) is 0 Å². The van der Waals surface area contributed by atoms with Crippen molar-refractivity contribution in [2.45, 2.75) is 25.7 Å². The molecule has 0 aliphatic heterocycles. The Labute approximate surface area is 113 Å². The normalized spacial score (nSPS) is 11.6. The Balaban J connectivity index is 2.74. The van der Waals surface area contributed by atoms with Gasteiger partial charge in [0.05, 0.1) is 23.2 Å². The first kappa shape index (κ1) is 15.7. The van der Waals surface area contributed by atoms with Gasteiger partial charge in [0.1, 0.15) is 0 Å². The standard InChI is InChI=1S/C13H19NO4S/c1-10(2)18-13(15)12-5-3-11(4-6-12)9-19(16,17)8-7-14/h3-6,10H,7-9,14H2,1-2H3. The minimum absolute atomic E-state index is 0.0376. The molecule has 0 heterocycles. The number of rotatable bonds is 6. The molecule has 1 aromatic carbocycles. The molecular weight excluding hydrogens is 266 g/mol. The number of hydrogen-bond acceptors (Lipinski definition) is 5. The first-order valence-electron chi connectivity index (χ1n) is 6.04. The fraction of sp³-hybridized carbons (Fsp3) is 0.462. The van der Waals surface area contributed by atoms with Crippen LogP contribution in [0.4, 0.5) is 0 Å². The maximum absolute atomic E-state index is 11.6. The second kappa shape index (κ2) is 6.68.